The number of piperidine rings is 1. The average molecular weight is 589 g/mol. The van der Waals surface area contributed by atoms with Crippen molar-refractivity contribution in [3.63, 3.8) is 0 Å². The summed E-state index contributed by atoms with van der Waals surface area (Å²) in [5.74, 6) is 0.849. The molecule has 9 nitrogen and oxygen atoms in total. The highest BCUT2D eigenvalue weighted by Crippen LogP contribution is 2.47. The smallest absolute Gasteiger partial charge is 0.222 e. The molecule has 2 aromatic rings. The molecule has 0 atom stereocenters. The molecule has 228 valence electrons. The van der Waals surface area contributed by atoms with E-state index in [0.29, 0.717) is 19.4 Å². The number of carbonyl (C=O) groups is 3. The van der Waals surface area contributed by atoms with Crippen LogP contribution < -0.4 is 10.6 Å². The Balaban J connectivity index is 0.000000418. The van der Waals surface area contributed by atoms with Crippen molar-refractivity contribution in [2.45, 2.75) is 91.5 Å². The maximum atomic E-state index is 12.8. The van der Waals surface area contributed by atoms with E-state index in [4.69, 9.17) is 11.6 Å². The fraction of sp³-hybridized carbons (Fsp3) is 0.645. The summed E-state index contributed by atoms with van der Waals surface area (Å²) in [5, 5.41) is 10.1. The number of hydrogen-bond donors (Lipinski definition) is 2. The van der Waals surface area contributed by atoms with Crippen LogP contribution in [0.2, 0.25) is 5.02 Å². The van der Waals surface area contributed by atoms with Crippen molar-refractivity contribution >= 4 is 29.3 Å². The zero-order valence-corrected chi connectivity index (χ0v) is 26.1. The predicted molar refractivity (Wildman–Crippen MR) is 163 cm³/mol. The highest BCUT2D eigenvalue weighted by molar-refractivity contribution is 6.30. The average Bonchev–Trinajstić information content (AvgIpc) is 3.51. The van der Waals surface area contributed by atoms with Crippen molar-refractivity contribution in [1.29, 1.82) is 0 Å². The number of halogens is 1. The van der Waals surface area contributed by atoms with Gasteiger partial charge in [-0.05, 0) is 61.1 Å². The van der Waals surface area contributed by atoms with E-state index < -0.39 is 0 Å². The predicted octanol–water partition coefficient (Wildman–Crippen LogP) is 5.04. The summed E-state index contributed by atoms with van der Waals surface area (Å²) in [6, 6.07) is 7.81. The number of benzene rings is 1. The van der Waals surface area contributed by atoms with Gasteiger partial charge < -0.3 is 15.5 Å². The Bertz CT molecular complexity index is 1030. The number of aromatic nitrogens is 3. The second-order valence-electron chi connectivity index (χ2n) is 10.7. The van der Waals surface area contributed by atoms with E-state index in [-0.39, 0.29) is 23.1 Å². The van der Waals surface area contributed by atoms with Gasteiger partial charge in [-0.25, -0.2) is 4.98 Å². The van der Waals surface area contributed by atoms with Crippen LogP contribution in [0.4, 0.5) is 0 Å². The quantitative estimate of drug-likeness (QED) is 0.427. The van der Waals surface area contributed by atoms with E-state index in [1.807, 2.05) is 49.1 Å². The Kier molecular flexibility index (Phi) is 15.4. The third-order valence-corrected chi connectivity index (χ3v) is 8.32. The normalized spacial score (nSPS) is 16.4. The van der Waals surface area contributed by atoms with Crippen molar-refractivity contribution < 1.29 is 14.4 Å². The molecule has 1 saturated heterocycles. The first kappa shape index (κ1) is 34.3. The lowest BCUT2D eigenvalue weighted by molar-refractivity contribution is -0.134. The lowest BCUT2D eigenvalue weighted by Gasteiger charge is -2.48. The van der Waals surface area contributed by atoms with Crippen LogP contribution in [0, 0.1) is 11.3 Å². The summed E-state index contributed by atoms with van der Waals surface area (Å²) >= 11 is 5.95. The van der Waals surface area contributed by atoms with Gasteiger partial charge in [0.25, 0.3) is 0 Å². The zero-order valence-electron chi connectivity index (χ0n) is 25.3. The number of amides is 3. The lowest BCUT2D eigenvalue weighted by Crippen LogP contribution is -2.48. The molecule has 1 aromatic heterocycles. The molecule has 2 fully saturated rings. The number of likely N-dealkylation sites (tertiary alicyclic amines) is 1. The summed E-state index contributed by atoms with van der Waals surface area (Å²) in [7, 11) is 1.57. The molecule has 1 aromatic carbocycles. The second-order valence-corrected chi connectivity index (χ2v) is 11.1. The van der Waals surface area contributed by atoms with Crippen molar-refractivity contribution in [1.82, 2.24) is 30.3 Å². The number of nitrogens with one attached hydrogen (secondary N) is 2. The van der Waals surface area contributed by atoms with Crippen LogP contribution in [-0.4, -0.2) is 64.1 Å². The van der Waals surface area contributed by atoms with Crippen molar-refractivity contribution in [2.24, 2.45) is 11.3 Å². The van der Waals surface area contributed by atoms with Gasteiger partial charge in [-0.3, -0.25) is 19.1 Å². The maximum Gasteiger partial charge on any atom is 0.222 e. The molecule has 0 unspecified atom stereocenters. The SMILES string of the molecule is CC.CNC(=O)CCNC(C)=O.O=C(CCc1ccc(Cl)cc1)N1CCC(Cn2cncn2)(C2CCCCC2)CC1. The van der Waals surface area contributed by atoms with E-state index in [9.17, 15) is 14.4 Å². The van der Waals surface area contributed by atoms with Gasteiger partial charge in [0.05, 0.1) is 0 Å². The number of rotatable bonds is 9. The molecule has 2 heterocycles. The standard InChI is InChI=1S/C23H31ClN4O.C6H12N2O2.C2H6/c24-21-9-6-19(7-10-21)8-11-22(29)27-14-12-23(13-15-27,16-28-18-25-17-26-28)20-4-2-1-3-5-20;1-5(9)8-4-3-6(10)7-2;1-2/h6-7,9-10,17-18,20H,1-5,8,11-16H2;3-4H2,1-2H3,(H,7,10)(H,8,9);1-2H3. The van der Waals surface area contributed by atoms with Gasteiger partial charge in [-0.1, -0.05) is 56.8 Å². The van der Waals surface area contributed by atoms with Crippen molar-refractivity contribution in [3.8, 4) is 0 Å². The molecule has 1 aliphatic carbocycles. The van der Waals surface area contributed by atoms with Crippen LogP contribution in [0.5, 0.6) is 0 Å². The monoisotopic (exact) mass is 588 g/mol. The lowest BCUT2D eigenvalue weighted by atomic mass is 9.63. The number of nitrogens with zero attached hydrogens (tertiary/aromatic N) is 4. The first-order chi connectivity index (χ1) is 19.8. The van der Waals surface area contributed by atoms with Gasteiger partial charge >= 0.3 is 0 Å². The molecule has 0 radical (unpaired) electrons. The summed E-state index contributed by atoms with van der Waals surface area (Å²) in [6.45, 7) is 8.50. The number of carbonyl (C=O) groups excluding carboxylic acids is 3. The fourth-order valence-corrected chi connectivity index (χ4v) is 5.91. The van der Waals surface area contributed by atoms with E-state index in [1.165, 1.54) is 44.6 Å². The van der Waals surface area contributed by atoms with Gasteiger partial charge in [-0.15, -0.1) is 0 Å². The van der Waals surface area contributed by atoms with E-state index in [2.05, 4.69) is 25.6 Å². The molecule has 4 rings (SSSR count). The van der Waals surface area contributed by atoms with Crippen LogP contribution >= 0.6 is 11.6 Å². The highest BCUT2D eigenvalue weighted by Gasteiger charge is 2.42. The minimum Gasteiger partial charge on any atom is -0.359 e. The third-order valence-electron chi connectivity index (χ3n) is 8.07. The molecule has 41 heavy (non-hydrogen) atoms. The molecule has 2 aliphatic rings. The van der Waals surface area contributed by atoms with Crippen LogP contribution in [0.3, 0.4) is 0 Å². The first-order valence-electron chi connectivity index (χ1n) is 15.1. The van der Waals surface area contributed by atoms with Crippen LogP contribution in [0.1, 0.15) is 84.1 Å². The Hall–Kier alpha value is -2.94. The Morgan fingerprint density at radius 1 is 1.02 bits per heavy atom. The molecule has 1 aliphatic heterocycles. The maximum absolute atomic E-state index is 12.8. The minimum atomic E-state index is -0.107. The van der Waals surface area contributed by atoms with E-state index in [0.717, 1.165) is 49.8 Å². The molecule has 10 heteroatoms. The number of hydrogen-bond acceptors (Lipinski definition) is 5. The fourth-order valence-electron chi connectivity index (χ4n) is 5.79. The molecule has 0 bridgehead atoms. The Morgan fingerprint density at radius 3 is 2.24 bits per heavy atom. The Labute approximate surface area is 250 Å². The largest absolute Gasteiger partial charge is 0.359 e. The van der Waals surface area contributed by atoms with Gasteiger partial charge in [0.1, 0.15) is 12.7 Å². The van der Waals surface area contributed by atoms with E-state index in [1.54, 1.807) is 13.4 Å². The second kappa shape index (κ2) is 18.5. The van der Waals surface area contributed by atoms with Crippen LogP contribution in [-0.2, 0) is 27.3 Å². The zero-order chi connectivity index (χ0) is 30.1. The molecule has 2 N–H and O–H groups in total. The molecular weight excluding hydrogens is 540 g/mol. The summed E-state index contributed by atoms with van der Waals surface area (Å²) in [6.07, 6.45) is 14.0. The summed E-state index contributed by atoms with van der Waals surface area (Å²) in [4.78, 5) is 39.8. The summed E-state index contributed by atoms with van der Waals surface area (Å²) < 4.78 is 2.01. The molecule has 3 amide bonds. The molecular formula is C31H49ClN6O3. The van der Waals surface area contributed by atoms with Gasteiger partial charge in [0.2, 0.25) is 17.7 Å². The van der Waals surface area contributed by atoms with Crippen LogP contribution in [0.15, 0.2) is 36.9 Å². The topological polar surface area (TPSA) is 109 Å². The van der Waals surface area contributed by atoms with Gasteiger partial charge in [-0.2, -0.15) is 5.10 Å². The van der Waals surface area contributed by atoms with Crippen molar-refractivity contribution in [3.05, 3.63) is 47.5 Å². The van der Waals surface area contributed by atoms with Crippen LogP contribution in [0.25, 0.3) is 0 Å². The third kappa shape index (κ3) is 11.8. The van der Waals surface area contributed by atoms with Gasteiger partial charge in [0.15, 0.2) is 0 Å². The molecule has 1 saturated carbocycles. The molecule has 0 spiro atoms. The first-order valence-corrected chi connectivity index (χ1v) is 15.5. The highest BCUT2D eigenvalue weighted by atomic mass is 35.5. The Morgan fingerprint density at radius 2 is 1.68 bits per heavy atom. The van der Waals surface area contributed by atoms with E-state index >= 15 is 0 Å². The van der Waals surface area contributed by atoms with Gasteiger partial charge in [0, 0.05) is 58.0 Å². The van der Waals surface area contributed by atoms with Crippen molar-refractivity contribution in [2.75, 3.05) is 26.7 Å². The number of aryl methyl sites for hydroxylation is 1. The summed E-state index contributed by atoms with van der Waals surface area (Å²) in [5.41, 5.74) is 1.42. The minimum absolute atomic E-state index is 0.0613.